The van der Waals surface area contributed by atoms with Gasteiger partial charge in [0, 0.05) is 31.3 Å². The van der Waals surface area contributed by atoms with Crippen molar-refractivity contribution in [2.24, 2.45) is 5.92 Å². The molecule has 0 radical (unpaired) electrons. The zero-order valence-electron chi connectivity index (χ0n) is 24.1. The normalized spacial score (nSPS) is 18.4. The first-order chi connectivity index (χ1) is 20.0. The Labute approximate surface area is 241 Å². The topological polar surface area (TPSA) is 150 Å². The Balaban J connectivity index is 1.48. The van der Waals surface area contributed by atoms with Crippen LogP contribution in [-0.4, -0.2) is 60.3 Å². The Bertz CT molecular complexity index is 1770. The van der Waals surface area contributed by atoms with Crippen LogP contribution in [0.1, 0.15) is 61.2 Å². The molecule has 2 aliphatic rings. The Kier molecular flexibility index (Phi) is 6.49. The number of hydrogen-bond acceptors (Lipinski definition) is 10. The van der Waals surface area contributed by atoms with Gasteiger partial charge in [-0.1, -0.05) is 25.1 Å². The highest BCUT2D eigenvalue weighted by atomic mass is 16.6. The van der Waals surface area contributed by atoms with Gasteiger partial charge in [0.15, 0.2) is 5.82 Å². The molecule has 0 aliphatic carbocycles. The van der Waals surface area contributed by atoms with E-state index >= 15 is 0 Å². The van der Waals surface area contributed by atoms with Gasteiger partial charge in [0.25, 0.3) is 11.5 Å². The number of rotatable bonds is 5. The van der Waals surface area contributed by atoms with E-state index in [-0.39, 0.29) is 42.0 Å². The van der Waals surface area contributed by atoms with E-state index in [0.717, 1.165) is 10.5 Å². The van der Waals surface area contributed by atoms with E-state index < -0.39 is 23.6 Å². The number of fused-ring (bicyclic) bond motifs is 2. The first-order valence-electron chi connectivity index (χ1n) is 13.6. The summed E-state index contributed by atoms with van der Waals surface area (Å²) in [7, 11) is 1.58. The molecule has 13 heteroatoms. The van der Waals surface area contributed by atoms with Gasteiger partial charge < -0.3 is 20.1 Å². The van der Waals surface area contributed by atoms with Crippen molar-refractivity contribution in [1.82, 2.24) is 29.0 Å². The van der Waals surface area contributed by atoms with Gasteiger partial charge in [-0.15, -0.1) is 0 Å². The minimum Gasteiger partial charge on any atom is -0.443 e. The lowest BCUT2D eigenvalue weighted by molar-refractivity contribution is 0.0247. The van der Waals surface area contributed by atoms with Crippen molar-refractivity contribution in [2.45, 2.75) is 52.5 Å². The number of hydrogen-bond donors (Lipinski definition) is 1. The molecule has 1 saturated heterocycles. The number of nitrogens with zero attached hydrogens (tertiary/aromatic N) is 7. The molecule has 5 heterocycles. The molecule has 1 aromatic carbocycles. The molecule has 0 saturated carbocycles. The molecule has 6 rings (SSSR count). The summed E-state index contributed by atoms with van der Waals surface area (Å²) in [5.41, 5.74) is 7.38. The first kappa shape index (κ1) is 27.4. The molecule has 13 nitrogen and oxygen atoms in total. The number of carbonyl (C=O) groups is 2. The predicted molar refractivity (Wildman–Crippen MR) is 153 cm³/mol. The zero-order chi connectivity index (χ0) is 29.9. The third-order valence-electron chi connectivity index (χ3n) is 7.37. The Morgan fingerprint density at radius 1 is 1.12 bits per heavy atom. The highest BCUT2D eigenvalue weighted by Gasteiger charge is 2.47. The summed E-state index contributed by atoms with van der Waals surface area (Å²) < 4.78 is 13.9. The molecule has 2 atom stereocenters. The van der Waals surface area contributed by atoms with Crippen LogP contribution in [0.5, 0.6) is 0 Å². The molecule has 4 aromatic rings. The molecular weight excluding hydrogens is 540 g/mol. The number of amides is 2. The Hall–Kier alpha value is -4.78. The fourth-order valence-electron chi connectivity index (χ4n) is 5.61. The number of aromatic nitrogens is 5. The molecule has 0 spiro atoms. The lowest BCUT2D eigenvalue weighted by Crippen LogP contribution is -2.52. The molecule has 42 heavy (non-hydrogen) atoms. The average molecular weight is 573 g/mol. The highest BCUT2D eigenvalue weighted by molar-refractivity contribution is 6.09. The quantitative estimate of drug-likeness (QED) is 0.378. The molecule has 1 fully saturated rings. The molecule has 2 N–H and O–H groups in total. The summed E-state index contributed by atoms with van der Waals surface area (Å²) in [4.78, 5) is 52.2. The van der Waals surface area contributed by atoms with E-state index in [9.17, 15) is 14.4 Å². The van der Waals surface area contributed by atoms with Crippen molar-refractivity contribution < 1.29 is 19.1 Å². The summed E-state index contributed by atoms with van der Waals surface area (Å²) in [5.74, 6) is 0.199. The van der Waals surface area contributed by atoms with Crippen LogP contribution in [0.3, 0.4) is 0 Å². The average Bonchev–Trinajstić information content (AvgIpc) is 3.47. The van der Waals surface area contributed by atoms with Crippen molar-refractivity contribution in [1.29, 1.82) is 0 Å². The minimum atomic E-state index is -0.787. The number of carbonyl (C=O) groups excluding carboxylic acids is 2. The lowest BCUT2D eigenvalue weighted by atomic mass is 9.88. The third kappa shape index (κ3) is 4.45. The van der Waals surface area contributed by atoms with Crippen molar-refractivity contribution in [3.8, 4) is 5.69 Å². The van der Waals surface area contributed by atoms with E-state index in [0.29, 0.717) is 29.3 Å². The molecule has 1 unspecified atom stereocenters. The summed E-state index contributed by atoms with van der Waals surface area (Å²) in [6.07, 6.45) is 0.966. The van der Waals surface area contributed by atoms with E-state index in [2.05, 4.69) is 9.97 Å². The summed E-state index contributed by atoms with van der Waals surface area (Å²) >= 11 is 0. The van der Waals surface area contributed by atoms with Gasteiger partial charge in [-0.3, -0.25) is 14.2 Å². The van der Waals surface area contributed by atoms with Gasteiger partial charge in [0.1, 0.15) is 22.5 Å². The van der Waals surface area contributed by atoms with E-state index in [1.165, 1.54) is 0 Å². The lowest BCUT2D eigenvalue weighted by Gasteiger charge is -2.47. The van der Waals surface area contributed by atoms with Crippen molar-refractivity contribution in [3.63, 3.8) is 0 Å². The predicted octanol–water partition coefficient (Wildman–Crippen LogP) is 3.09. The number of para-hydroxylation sites is 1. The molecule has 3 aromatic heterocycles. The number of anilines is 2. The van der Waals surface area contributed by atoms with Crippen LogP contribution in [0.2, 0.25) is 0 Å². The number of benzene rings is 1. The van der Waals surface area contributed by atoms with Gasteiger partial charge in [0.2, 0.25) is 5.95 Å². The van der Waals surface area contributed by atoms with E-state index in [1.807, 2.05) is 48.2 Å². The highest BCUT2D eigenvalue weighted by Crippen LogP contribution is 2.44. The Morgan fingerprint density at radius 2 is 1.86 bits per heavy atom. The maximum atomic E-state index is 14.1. The molecule has 2 amide bonds. The number of imide groups is 1. The second-order valence-electron chi connectivity index (χ2n) is 11.6. The van der Waals surface area contributed by atoms with Crippen molar-refractivity contribution in [3.05, 3.63) is 75.6 Å². The number of methoxy groups -OCH3 is 1. The van der Waals surface area contributed by atoms with E-state index in [1.54, 1.807) is 43.2 Å². The summed E-state index contributed by atoms with van der Waals surface area (Å²) in [6, 6.07) is 10.6. The van der Waals surface area contributed by atoms with Crippen LogP contribution >= 0.6 is 0 Å². The molecule has 218 valence electrons. The third-order valence-corrected chi connectivity index (χ3v) is 7.37. The molecule has 2 aliphatic heterocycles. The smallest absolute Gasteiger partial charge is 0.417 e. The van der Waals surface area contributed by atoms with Crippen LogP contribution in [0, 0.1) is 5.92 Å². The standard InChI is InChI=1S/C29H32N8O5/c1-16-13-34(23-20-19(31-27(30)32-23)14-35(25(20)38)28(40)42-29(2,3)4)21(16)24-33-36-12-11-17(15-41-5)22(36)26(39)37(24)18-9-7-6-8-10-18/h6-12,16,21H,13-15H2,1-5H3,(H2,30,31,32)/t16-,21?/m0/s1. The van der Waals surface area contributed by atoms with Gasteiger partial charge in [-0.2, -0.15) is 10.1 Å². The number of ether oxygens (including phenoxy) is 2. The fraction of sp³-hybridized carbons (Fsp3) is 0.379. The minimum absolute atomic E-state index is 0.0284. The van der Waals surface area contributed by atoms with Crippen LogP contribution in [-0.2, 0) is 22.6 Å². The number of nitrogen functional groups attached to an aromatic ring is 1. The maximum absolute atomic E-state index is 14.1. The second kappa shape index (κ2) is 9.94. The Morgan fingerprint density at radius 3 is 2.52 bits per heavy atom. The van der Waals surface area contributed by atoms with Crippen molar-refractivity contribution in [2.75, 3.05) is 24.3 Å². The zero-order valence-corrected chi connectivity index (χ0v) is 24.1. The van der Waals surface area contributed by atoms with Crippen molar-refractivity contribution >= 4 is 29.3 Å². The fourth-order valence-corrected chi connectivity index (χ4v) is 5.61. The largest absolute Gasteiger partial charge is 0.443 e. The van der Waals surface area contributed by atoms with Gasteiger partial charge >= 0.3 is 6.09 Å². The summed E-state index contributed by atoms with van der Waals surface area (Å²) in [6.45, 7) is 7.92. The van der Waals surface area contributed by atoms with Crippen LogP contribution in [0.4, 0.5) is 16.6 Å². The monoisotopic (exact) mass is 572 g/mol. The SMILES string of the molecule is COCc1ccn2nc(C3[C@@H](C)CN3c3nc(N)nc4c3C(=O)N(C(=O)OC(C)(C)C)C4)n(-c3ccccc3)c(=O)c12. The molecular formula is C29H32N8O5. The van der Waals surface area contributed by atoms with Gasteiger partial charge in [-0.25, -0.2) is 19.2 Å². The number of nitrogens with two attached hydrogens (primary N) is 1. The first-order valence-corrected chi connectivity index (χ1v) is 13.6. The van der Waals surface area contributed by atoms with Crippen LogP contribution < -0.4 is 16.2 Å². The molecule has 0 bridgehead atoms. The van der Waals surface area contributed by atoms with Gasteiger partial charge in [0.05, 0.1) is 30.6 Å². The maximum Gasteiger partial charge on any atom is 0.417 e. The van der Waals surface area contributed by atoms with Crippen LogP contribution in [0.15, 0.2) is 47.4 Å². The van der Waals surface area contributed by atoms with E-state index in [4.69, 9.17) is 20.3 Å². The second-order valence-corrected chi connectivity index (χ2v) is 11.6. The summed E-state index contributed by atoms with van der Waals surface area (Å²) in [5, 5.41) is 4.92. The van der Waals surface area contributed by atoms with Gasteiger partial charge in [-0.05, 0) is 39.0 Å². The van der Waals surface area contributed by atoms with Crippen LogP contribution in [0.25, 0.3) is 11.2 Å².